The molecule has 0 amide bonds. The number of ether oxygens (including phenoxy) is 3. The fraction of sp³-hybridized carbons (Fsp3) is 0.455. The molecule has 0 spiro atoms. The van der Waals surface area contributed by atoms with E-state index in [-0.39, 0.29) is 23.9 Å². The van der Waals surface area contributed by atoms with Crippen molar-refractivity contribution in [3.05, 3.63) is 90.7 Å². The van der Waals surface area contributed by atoms with E-state index in [1.54, 1.807) is 19.9 Å². The molecule has 9 heteroatoms. The van der Waals surface area contributed by atoms with Gasteiger partial charge in [-0.25, -0.2) is 9.78 Å². The standard InChI is InChI=1S/C44H56N4O5/c1-11-14-21-44(10)22-24-47(25-23-44)41-39(40(42(50)51-13-3)53-43(7,8)9)30(5)45-38-28-36(46-48(38)41)34-18-15-17-33(26-34)35-27-32(31(6)49)19-20-37(35)52-29(4)16-12-2/h11-12,15,17-20,26-29,40H,1-2,13-14,16,21-25H2,3-10H3/t29-,40-/m0/s1. The van der Waals surface area contributed by atoms with Crippen LogP contribution in [0.15, 0.2) is 73.8 Å². The summed E-state index contributed by atoms with van der Waals surface area (Å²) in [6, 6.07) is 15.6. The zero-order valence-electron chi connectivity index (χ0n) is 32.8. The fourth-order valence-corrected chi connectivity index (χ4v) is 7.05. The van der Waals surface area contributed by atoms with Crippen molar-refractivity contribution < 1.29 is 23.8 Å². The monoisotopic (exact) mass is 720 g/mol. The van der Waals surface area contributed by atoms with E-state index in [0.29, 0.717) is 34.6 Å². The second-order valence-electron chi connectivity index (χ2n) is 15.5. The van der Waals surface area contributed by atoms with Crippen molar-refractivity contribution in [2.24, 2.45) is 5.41 Å². The Labute approximate surface area is 315 Å². The second-order valence-corrected chi connectivity index (χ2v) is 15.5. The van der Waals surface area contributed by atoms with Gasteiger partial charge < -0.3 is 19.1 Å². The molecule has 53 heavy (non-hydrogen) atoms. The molecule has 1 aliphatic heterocycles. The predicted molar refractivity (Wildman–Crippen MR) is 213 cm³/mol. The molecule has 1 saturated heterocycles. The maximum atomic E-state index is 13.7. The van der Waals surface area contributed by atoms with Crippen LogP contribution in [0, 0.1) is 12.3 Å². The van der Waals surface area contributed by atoms with Crippen molar-refractivity contribution in [3.63, 3.8) is 0 Å². The summed E-state index contributed by atoms with van der Waals surface area (Å²) in [5.74, 6) is 1.02. The molecule has 0 saturated carbocycles. The number of benzene rings is 2. The number of rotatable bonds is 15. The van der Waals surface area contributed by atoms with Gasteiger partial charge in [-0.3, -0.25) is 4.79 Å². The van der Waals surface area contributed by atoms with E-state index in [0.717, 1.165) is 67.0 Å². The van der Waals surface area contributed by atoms with Gasteiger partial charge in [0.2, 0.25) is 0 Å². The second kappa shape index (κ2) is 16.5. The normalized spacial score (nSPS) is 15.5. The summed E-state index contributed by atoms with van der Waals surface area (Å²) in [7, 11) is 0. The van der Waals surface area contributed by atoms with Crippen LogP contribution in [0.3, 0.4) is 0 Å². The van der Waals surface area contributed by atoms with Gasteiger partial charge in [0.05, 0.1) is 29.6 Å². The molecule has 0 radical (unpaired) electrons. The van der Waals surface area contributed by atoms with Gasteiger partial charge in [-0.2, -0.15) is 9.61 Å². The molecule has 9 nitrogen and oxygen atoms in total. The van der Waals surface area contributed by atoms with E-state index in [1.807, 2.05) is 87.7 Å². The number of carbonyl (C=O) groups excluding carboxylic acids is 2. The highest BCUT2D eigenvalue weighted by Gasteiger charge is 2.38. The Balaban J connectivity index is 1.66. The van der Waals surface area contributed by atoms with Crippen LogP contribution in [-0.2, 0) is 14.3 Å². The summed E-state index contributed by atoms with van der Waals surface area (Å²) in [5.41, 5.74) is 5.49. The summed E-state index contributed by atoms with van der Waals surface area (Å²) in [6.07, 6.45) is 7.47. The number of nitrogens with zero attached hydrogens (tertiary/aromatic N) is 4. The van der Waals surface area contributed by atoms with Crippen LogP contribution in [0.1, 0.15) is 108 Å². The predicted octanol–water partition coefficient (Wildman–Crippen LogP) is 9.91. The number of carbonyl (C=O) groups is 2. The first-order valence-corrected chi connectivity index (χ1v) is 18.8. The maximum Gasteiger partial charge on any atom is 0.340 e. The lowest BCUT2D eigenvalue weighted by molar-refractivity contribution is -0.166. The zero-order chi connectivity index (χ0) is 38.5. The summed E-state index contributed by atoms with van der Waals surface area (Å²) in [6.45, 7) is 25.1. The Morgan fingerprint density at radius 1 is 1.04 bits per heavy atom. The van der Waals surface area contributed by atoms with E-state index < -0.39 is 17.7 Å². The number of anilines is 1. The largest absolute Gasteiger partial charge is 0.490 e. The lowest BCUT2D eigenvalue weighted by atomic mass is 9.76. The molecule has 2 aromatic heterocycles. The van der Waals surface area contributed by atoms with Crippen LogP contribution in [0.25, 0.3) is 28.0 Å². The highest BCUT2D eigenvalue weighted by atomic mass is 16.6. The van der Waals surface area contributed by atoms with E-state index in [2.05, 4.69) is 31.0 Å². The Bertz CT molecular complexity index is 1960. The minimum absolute atomic E-state index is 0.0199. The highest BCUT2D eigenvalue weighted by Crippen LogP contribution is 2.42. The molecule has 282 valence electrons. The van der Waals surface area contributed by atoms with Crippen LogP contribution in [0.5, 0.6) is 5.75 Å². The molecule has 0 N–H and O–H groups in total. The topological polar surface area (TPSA) is 95.3 Å². The Kier molecular flexibility index (Phi) is 12.3. The van der Waals surface area contributed by atoms with Crippen molar-refractivity contribution in [2.75, 3.05) is 24.6 Å². The zero-order valence-corrected chi connectivity index (χ0v) is 32.8. The number of hydrogen-bond donors (Lipinski definition) is 0. The number of allylic oxidation sites excluding steroid dienone is 1. The van der Waals surface area contributed by atoms with Gasteiger partial charge in [-0.05, 0) is 109 Å². The van der Waals surface area contributed by atoms with Crippen LogP contribution in [0.2, 0.25) is 0 Å². The first kappa shape index (κ1) is 39.4. The smallest absolute Gasteiger partial charge is 0.340 e. The molecule has 5 rings (SSSR count). The van der Waals surface area contributed by atoms with E-state index in [9.17, 15) is 9.59 Å². The van der Waals surface area contributed by atoms with Gasteiger partial charge in [-0.15, -0.1) is 13.2 Å². The summed E-state index contributed by atoms with van der Waals surface area (Å²) in [5, 5.41) is 5.20. The van der Waals surface area contributed by atoms with Crippen molar-refractivity contribution in [2.45, 2.75) is 105 Å². The van der Waals surface area contributed by atoms with Gasteiger partial charge in [0.15, 0.2) is 17.5 Å². The van der Waals surface area contributed by atoms with Gasteiger partial charge in [0.1, 0.15) is 11.6 Å². The molecular weight excluding hydrogens is 665 g/mol. The number of fused-ring (bicyclic) bond motifs is 1. The summed E-state index contributed by atoms with van der Waals surface area (Å²) < 4.78 is 20.3. The Morgan fingerprint density at radius 3 is 2.40 bits per heavy atom. The molecule has 1 aliphatic rings. The molecule has 0 aliphatic carbocycles. The van der Waals surface area contributed by atoms with Crippen LogP contribution >= 0.6 is 0 Å². The molecule has 4 aromatic rings. The number of ketones is 1. The third-order valence-corrected chi connectivity index (χ3v) is 9.94. The minimum Gasteiger partial charge on any atom is -0.490 e. The molecule has 2 atom stereocenters. The average Bonchev–Trinajstić information content (AvgIpc) is 3.53. The quantitative estimate of drug-likeness (QED) is 0.0681. The van der Waals surface area contributed by atoms with Crippen LogP contribution < -0.4 is 9.64 Å². The molecule has 1 fully saturated rings. The number of aryl methyl sites for hydroxylation is 1. The average molecular weight is 721 g/mol. The lowest BCUT2D eigenvalue weighted by Gasteiger charge is -2.41. The van der Waals surface area contributed by atoms with Crippen molar-refractivity contribution >= 4 is 23.2 Å². The number of esters is 1. The van der Waals surface area contributed by atoms with Crippen molar-refractivity contribution in [1.29, 1.82) is 0 Å². The van der Waals surface area contributed by atoms with Gasteiger partial charge in [-0.1, -0.05) is 37.3 Å². The molecular formula is C44H56N4O5. The van der Waals surface area contributed by atoms with E-state index in [4.69, 9.17) is 24.3 Å². The minimum atomic E-state index is -0.998. The summed E-state index contributed by atoms with van der Waals surface area (Å²) in [4.78, 5) is 33.5. The SMILES string of the molecule is C=CCCC1(C)CCN(c2c([C@H](OC(C)(C)C)C(=O)OCC)c(C)nc3cc(-c4cccc(-c5cc(C(C)=O)ccc5O[C@@H](C)CC=C)c4)nn23)CC1. The highest BCUT2D eigenvalue weighted by molar-refractivity contribution is 5.96. The van der Waals surface area contributed by atoms with Gasteiger partial charge in [0.25, 0.3) is 0 Å². The molecule has 3 heterocycles. The van der Waals surface area contributed by atoms with Crippen LogP contribution in [-0.4, -0.2) is 57.8 Å². The molecule has 2 aromatic carbocycles. The number of Topliss-reactive ketones (excluding diaryl/α,β-unsaturated/α-hetero) is 1. The van der Waals surface area contributed by atoms with Crippen LogP contribution in [0.4, 0.5) is 5.82 Å². The fourth-order valence-electron chi connectivity index (χ4n) is 7.05. The number of hydrogen-bond acceptors (Lipinski definition) is 8. The van der Waals surface area contributed by atoms with Crippen molar-refractivity contribution in [1.82, 2.24) is 14.6 Å². The first-order valence-electron chi connectivity index (χ1n) is 18.8. The molecule has 0 bridgehead atoms. The maximum absolute atomic E-state index is 13.7. The van der Waals surface area contributed by atoms with E-state index >= 15 is 0 Å². The Hall–Kier alpha value is -4.76. The Morgan fingerprint density at radius 2 is 1.75 bits per heavy atom. The first-order chi connectivity index (χ1) is 25.2. The summed E-state index contributed by atoms with van der Waals surface area (Å²) >= 11 is 0. The number of piperidine rings is 1. The number of aromatic nitrogens is 3. The van der Waals surface area contributed by atoms with Crippen molar-refractivity contribution in [3.8, 4) is 28.1 Å². The van der Waals surface area contributed by atoms with Gasteiger partial charge >= 0.3 is 5.97 Å². The third-order valence-electron chi connectivity index (χ3n) is 9.94. The lowest BCUT2D eigenvalue weighted by Crippen LogP contribution is -2.41. The van der Waals surface area contributed by atoms with E-state index in [1.165, 1.54) is 0 Å². The van der Waals surface area contributed by atoms with Gasteiger partial charge in [0, 0.05) is 48.0 Å². The third kappa shape index (κ3) is 9.25. The molecule has 0 unspecified atom stereocenters.